The zero-order valence-corrected chi connectivity index (χ0v) is 16.6. The zero-order valence-electron chi connectivity index (χ0n) is 15.0. The van der Waals surface area contributed by atoms with E-state index in [0.717, 1.165) is 10.6 Å². The zero-order chi connectivity index (χ0) is 20.2. The fourth-order valence-corrected chi connectivity index (χ4v) is 3.06. The van der Waals surface area contributed by atoms with Gasteiger partial charge in [0.2, 0.25) is 10.0 Å². The van der Waals surface area contributed by atoms with Crippen molar-refractivity contribution >= 4 is 44.9 Å². The van der Waals surface area contributed by atoms with Gasteiger partial charge >= 0.3 is 5.97 Å². The van der Waals surface area contributed by atoms with Gasteiger partial charge in [0, 0.05) is 12.7 Å². The van der Waals surface area contributed by atoms with Crippen molar-refractivity contribution in [3.05, 3.63) is 58.6 Å². The number of hydrogen-bond donors (Lipinski definition) is 1. The molecule has 0 atom stereocenters. The van der Waals surface area contributed by atoms with Crippen LogP contribution >= 0.6 is 11.6 Å². The molecule has 0 aromatic heterocycles. The summed E-state index contributed by atoms with van der Waals surface area (Å²) >= 11 is 6.09. The molecule has 0 aliphatic heterocycles. The summed E-state index contributed by atoms with van der Waals surface area (Å²) in [6.45, 7) is 1.91. The van der Waals surface area contributed by atoms with Crippen LogP contribution in [0.2, 0.25) is 5.02 Å². The summed E-state index contributed by atoms with van der Waals surface area (Å²) in [5.41, 5.74) is 0.964. The summed E-state index contributed by atoms with van der Waals surface area (Å²) < 4.78 is 29.5. The molecule has 0 radical (unpaired) electrons. The molecule has 0 saturated carbocycles. The molecule has 0 aliphatic carbocycles. The molecule has 0 heterocycles. The molecule has 2 rings (SSSR count). The molecule has 9 heteroatoms. The van der Waals surface area contributed by atoms with E-state index in [4.69, 9.17) is 16.3 Å². The number of para-hydroxylation sites is 1. The predicted octanol–water partition coefficient (Wildman–Crippen LogP) is 3.16. The van der Waals surface area contributed by atoms with E-state index in [1.807, 2.05) is 0 Å². The van der Waals surface area contributed by atoms with Crippen LogP contribution in [0.5, 0.6) is 0 Å². The van der Waals surface area contributed by atoms with Crippen LogP contribution in [0.1, 0.15) is 27.6 Å². The van der Waals surface area contributed by atoms with Gasteiger partial charge in [-0.2, -0.15) is 0 Å². The number of carbonyl (C=O) groups is 2. The summed E-state index contributed by atoms with van der Waals surface area (Å²) in [6, 6.07) is 10.7. The van der Waals surface area contributed by atoms with E-state index in [2.05, 4.69) is 5.32 Å². The molecule has 27 heavy (non-hydrogen) atoms. The second-order valence-corrected chi connectivity index (χ2v) is 8.04. The lowest BCUT2D eigenvalue weighted by molar-refractivity contribution is 0.0526. The van der Waals surface area contributed by atoms with Crippen molar-refractivity contribution < 1.29 is 22.7 Å². The van der Waals surface area contributed by atoms with Crippen molar-refractivity contribution in [2.24, 2.45) is 0 Å². The number of halogens is 1. The van der Waals surface area contributed by atoms with E-state index in [0.29, 0.717) is 5.69 Å². The SMILES string of the molecule is CCOC(=O)c1ccc(NC(=O)c2ccccc2N(C)S(C)(=O)=O)cc1Cl. The number of rotatable bonds is 6. The Morgan fingerprint density at radius 2 is 1.81 bits per heavy atom. The summed E-state index contributed by atoms with van der Waals surface area (Å²) in [5.74, 6) is -1.07. The summed E-state index contributed by atoms with van der Waals surface area (Å²) in [4.78, 5) is 24.4. The Morgan fingerprint density at radius 1 is 1.15 bits per heavy atom. The van der Waals surface area contributed by atoms with Crippen LogP contribution in [0.4, 0.5) is 11.4 Å². The number of benzene rings is 2. The maximum Gasteiger partial charge on any atom is 0.339 e. The van der Waals surface area contributed by atoms with Gasteiger partial charge in [-0.05, 0) is 37.3 Å². The fourth-order valence-electron chi connectivity index (χ4n) is 2.28. The molecule has 2 aromatic carbocycles. The van der Waals surface area contributed by atoms with Gasteiger partial charge in [-0.15, -0.1) is 0 Å². The van der Waals surface area contributed by atoms with Crippen molar-refractivity contribution in [2.75, 3.05) is 29.5 Å². The van der Waals surface area contributed by atoms with Gasteiger partial charge in [0.05, 0.1) is 34.7 Å². The molecule has 0 bridgehead atoms. The maximum atomic E-state index is 12.6. The number of ether oxygens (including phenoxy) is 1. The van der Waals surface area contributed by atoms with Crippen LogP contribution in [0.3, 0.4) is 0 Å². The molecule has 1 amide bonds. The molecular weight excluding hydrogens is 392 g/mol. The molecule has 2 aromatic rings. The third kappa shape index (κ3) is 4.99. The molecule has 0 fully saturated rings. The van der Waals surface area contributed by atoms with Crippen molar-refractivity contribution in [2.45, 2.75) is 6.92 Å². The number of hydrogen-bond acceptors (Lipinski definition) is 5. The van der Waals surface area contributed by atoms with E-state index in [-0.39, 0.29) is 28.4 Å². The van der Waals surface area contributed by atoms with E-state index in [1.54, 1.807) is 19.1 Å². The fraction of sp³-hybridized carbons (Fsp3) is 0.222. The number of nitrogens with one attached hydrogen (secondary N) is 1. The molecule has 1 N–H and O–H groups in total. The van der Waals surface area contributed by atoms with Gasteiger partial charge in [0.1, 0.15) is 0 Å². The first-order chi connectivity index (χ1) is 12.6. The Morgan fingerprint density at radius 3 is 2.41 bits per heavy atom. The van der Waals surface area contributed by atoms with Crippen molar-refractivity contribution in [3.8, 4) is 0 Å². The maximum absolute atomic E-state index is 12.6. The molecule has 144 valence electrons. The summed E-state index contributed by atoms with van der Waals surface area (Å²) in [7, 11) is -2.16. The lowest BCUT2D eigenvalue weighted by Crippen LogP contribution is -2.27. The highest BCUT2D eigenvalue weighted by molar-refractivity contribution is 7.92. The molecule has 7 nitrogen and oxygen atoms in total. The van der Waals surface area contributed by atoms with Crippen LogP contribution in [0.25, 0.3) is 0 Å². The van der Waals surface area contributed by atoms with Gasteiger partial charge in [-0.3, -0.25) is 9.10 Å². The number of sulfonamides is 1. The smallest absolute Gasteiger partial charge is 0.339 e. The van der Waals surface area contributed by atoms with Gasteiger partial charge in [-0.1, -0.05) is 23.7 Å². The number of esters is 1. The second kappa shape index (κ2) is 8.41. The third-order valence-electron chi connectivity index (χ3n) is 3.71. The van der Waals surface area contributed by atoms with Crippen LogP contribution in [0, 0.1) is 0 Å². The van der Waals surface area contributed by atoms with Crippen molar-refractivity contribution in [1.29, 1.82) is 0 Å². The summed E-state index contributed by atoms with van der Waals surface area (Å²) in [6.07, 6.45) is 1.05. The van der Waals surface area contributed by atoms with E-state index in [1.165, 1.54) is 37.4 Å². The first-order valence-corrected chi connectivity index (χ1v) is 10.2. The molecule has 0 unspecified atom stereocenters. The largest absolute Gasteiger partial charge is 0.462 e. The monoisotopic (exact) mass is 410 g/mol. The van der Waals surface area contributed by atoms with Crippen LogP contribution < -0.4 is 9.62 Å². The first kappa shape index (κ1) is 20.7. The number of carbonyl (C=O) groups excluding carboxylic acids is 2. The van der Waals surface area contributed by atoms with Crippen molar-refractivity contribution in [3.63, 3.8) is 0 Å². The Labute approximate surface area is 162 Å². The predicted molar refractivity (Wildman–Crippen MR) is 105 cm³/mol. The lowest BCUT2D eigenvalue weighted by Gasteiger charge is -2.19. The Bertz CT molecular complexity index is 975. The van der Waals surface area contributed by atoms with E-state index < -0.39 is 21.9 Å². The highest BCUT2D eigenvalue weighted by atomic mass is 35.5. The first-order valence-electron chi connectivity index (χ1n) is 7.96. The Hall–Kier alpha value is -2.58. The molecule has 0 spiro atoms. The van der Waals surface area contributed by atoms with Gasteiger partial charge in [0.15, 0.2) is 0 Å². The standard InChI is InChI=1S/C18H19ClN2O5S/c1-4-26-18(23)13-10-9-12(11-15(13)19)20-17(22)14-7-5-6-8-16(14)21(2)27(3,24)25/h5-11H,4H2,1-3H3,(H,20,22). The average molecular weight is 411 g/mol. The van der Waals surface area contributed by atoms with Gasteiger partial charge < -0.3 is 10.1 Å². The quantitative estimate of drug-likeness (QED) is 0.738. The Kier molecular flexibility index (Phi) is 6.45. The highest BCUT2D eigenvalue weighted by Crippen LogP contribution is 2.25. The highest BCUT2D eigenvalue weighted by Gasteiger charge is 2.20. The Balaban J connectivity index is 2.29. The lowest BCUT2D eigenvalue weighted by atomic mass is 10.1. The van der Waals surface area contributed by atoms with Crippen LogP contribution in [0.15, 0.2) is 42.5 Å². The topological polar surface area (TPSA) is 92.8 Å². The van der Waals surface area contributed by atoms with Crippen LogP contribution in [-0.2, 0) is 14.8 Å². The van der Waals surface area contributed by atoms with Crippen LogP contribution in [-0.4, -0.2) is 40.2 Å². The van der Waals surface area contributed by atoms with E-state index >= 15 is 0 Å². The van der Waals surface area contributed by atoms with Gasteiger partial charge in [-0.25, -0.2) is 13.2 Å². The van der Waals surface area contributed by atoms with E-state index in [9.17, 15) is 18.0 Å². The van der Waals surface area contributed by atoms with Crippen molar-refractivity contribution in [1.82, 2.24) is 0 Å². The number of amides is 1. The minimum Gasteiger partial charge on any atom is -0.462 e. The minimum absolute atomic E-state index is 0.132. The number of nitrogens with zero attached hydrogens (tertiary/aromatic N) is 1. The second-order valence-electron chi connectivity index (χ2n) is 5.62. The third-order valence-corrected chi connectivity index (χ3v) is 5.21. The van der Waals surface area contributed by atoms with Gasteiger partial charge in [0.25, 0.3) is 5.91 Å². The molecule has 0 saturated heterocycles. The minimum atomic E-state index is -3.53. The number of anilines is 2. The summed E-state index contributed by atoms with van der Waals surface area (Å²) in [5, 5.41) is 2.78. The molecule has 0 aliphatic rings. The molecular formula is C18H19ClN2O5S. The normalized spacial score (nSPS) is 11.0. The average Bonchev–Trinajstić information content (AvgIpc) is 2.60.